The number of amides is 1. The Labute approximate surface area is 109 Å². The van der Waals surface area contributed by atoms with Crippen LogP contribution in [0, 0.1) is 0 Å². The van der Waals surface area contributed by atoms with Crippen LogP contribution in [0.5, 0.6) is 0 Å². The van der Waals surface area contributed by atoms with E-state index in [2.05, 4.69) is 15.1 Å². The Morgan fingerprint density at radius 3 is 2.89 bits per heavy atom. The summed E-state index contributed by atoms with van der Waals surface area (Å²) in [7, 11) is 0. The van der Waals surface area contributed by atoms with Crippen LogP contribution >= 0.6 is 0 Å². The van der Waals surface area contributed by atoms with Gasteiger partial charge in [0.25, 0.3) is 5.91 Å². The van der Waals surface area contributed by atoms with Gasteiger partial charge in [-0.2, -0.15) is 5.10 Å². The second-order valence-electron chi connectivity index (χ2n) is 4.44. The molecule has 0 spiro atoms. The van der Waals surface area contributed by atoms with Crippen molar-refractivity contribution in [1.82, 2.24) is 24.6 Å². The number of β-amino-alcohol motifs (C(OH)–C–C–N with tert-alkyl or cyclic N) is 1. The lowest BCUT2D eigenvalue weighted by atomic mass is 10.2. The highest BCUT2D eigenvalue weighted by Crippen LogP contribution is 2.13. The summed E-state index contributed by atoms with van der Waals surface area (Å²) in [4.78, 5) is 21.8. The topological polar surface area (TPSA) is 84.1 Å². The zero-order chi connectivity index (χ0) is 13.2. The van der Waals surface area contributed by atoms with E-state index in [0.29, 0.717) is 30.9 Å². The predicted molar refractivity (Wildman–Crippen MR) is 65.7 cm³/mol. The molecule has 2 aromatic rings. The monoisotopic (exact) mass is 259 g/mol. The van der Waals surface area contributed by atoms with E-state index in [1.165, 1.54) is 17.2 Å². The van der Waals surface area contributed by atoms with E-state index in [9.17, 15) is 9.90 Å². The first-order valence-electron chi connectivity index (χ1n) is 6.02. The summed E-state index contributed by atoms with van der Waals surface area (Å²) in [6.07, 6.45) is 4.71. The lowest BCUT2D eigenvalue weighted by molar-refractivity contribution is 0.0764. The molecule has 0 radical (unpaired) electrons. The molecule has 7 heteroatoms. The van der Waals surface area contributed by atoms with Gasteiger partial charge in [0.2, 0.25) is 0 Å². The molecule has 1 N–H and O–H groups in total. The van der Waals surface area contributed by atoms with Gasteiger partial charge < -0.3 is 10.0 Å². The number of pyridine rings is 1. The molecule has 1 atom stereocenters. The summed E-state index contributed by atoms with van der Waals surface area (Å²) in [5.41, 5.74) is 0.512. The molecular formula is C12H13N5O2. The summed E-state index contributed by atoms with van der Waals surface area (Å²) in [5.74, 6) is 0.504. The average molecular weight is 259 g/mol. The van der Waals surface area contributed by atoms with Crippen LogP contribution in [0.25, 0.3) is 5.82 Å². The van der Waals surface area contributed by atoms with Crippen LogP contribution in [0.2, 0.25) is 0 Å². The first kappa shape index (κ1) is 11.8. The Balaban J connectivity index is 1.77. The molecule has 0 aliphatic carbocycles. The van der Waals surface area contributed by atoms with Crippen molar-refractivity contribution in [2.75, 3.05) is 13.1 Å². The standard InChI is InChI=1S/C12H13N5O2/c18-10-3-4-16(6-10)12(19)9-1-2-11(14-5-9)17-8-13-7-15-17/h1-2,5,7-8,10,18H,3-4,6H2. The van der Waals surface area contributed by atoms with E-state index >= 15 is 0 Å². The number of nitrogens with zero attached hydrogens (tertiary/aromatic N) is 5. The zero-order valence-electron chi connectivity index (χ0n) is 10.2. The highest BCUT2D eigenvalue weighted by atomic mass is 16.3. The largest absolute Gasteiger partial charge is 0.391 e. The van der Waals surface area contributed by atoms with Crippen molar-refractivity contribution >= 4 is 5.91 Å². The van der Waals surface area contributed by atoms with Crippen LogP contribution in [0.15, 0.2) is 31.0 Å². The van der Waals surface area contributed by atoms with Gasteiger partial charge in [0.15, 0.2) is 5.82 Å². The Bertz CT molecular complexity index is 566. The van der Waals surface area contributed by atoms with E-state index in [1.54, 1.807) is 23.4 Å². The number of likely N-dealkylation sites (tertiary alicyclic amines) is 1. The fourth-order valence-electron chi connectivity index (χ4n) is 2.08. The number of carbonyl (C=O) groups excluding carboxylic acids is 1. The number of rotatable bonds is 2. The third-order valence-corrected chi connectivity index (χ3v) is 3.10. The summed E-state index contributed by atoms with van der Waals surface area (Å²) in [6.45, 7) is 0.981. The molecule has 2 aromatic heterocycles. The fraction of sp³-hybridized carbons (Fsp3) is 0.333. The van der Waals surface area contributed by atoms with Gasteiger partial charge in [-0.1, -0.05) is 0 Å². The number of hydrogen-bond donors (Lipinski definition) is 1. The van der Waals surface area contributed by atoms with Gasteiger partial charge in [0.1, 0.15) is 12.7 Å². The lowest BCUT2D eigenvalue weighted by Crippen LogP contribution is -2.29. The number of aromatic nitrogens is 4. The minimum atomic E-state index is -0.411. The van der Waals surface area contributed by atoms with Gasteiger partial charge in [0.05, 0.1) is 11.7 Å². The first-order valence-corrected chi connectivity index (χ1v) is 6.02. The van der Waals surface area contributed by atoms with Crippen molar-refractivity contribution in [3.8, 4) is 5.82 Å². The van der Waals surface area contributed by atoms with E-state index < -0.39 is 6.10 Å². The molecule has 0 bridgehead atoms. The van der Waals surface area contributed by atoms with E-state index in [-0.39, 0.29) is 5.91 Å². The maximum atomic E-state index is 12.1. The quantitative estimate of drug-likeness (QED) is 0.812. The molecule has 1 unspecified atom stereocenters. The van der Waals surface area contributed by atoms with Gasteiger partial charge in [-0.05, 0) is 18.6 Å². The Hall–Kier alpha value is -2.28. The van der Waals surface area contributed by atoms with Crippen molar-refractivity contribution in [2.24, 2.45) is 0 Å². The summed E-state index contributed by atoms with van der Waals surface area (Å²) >= 11 is 0. The molecule has 0 saturated carbocycles. The number of aliphatic hydroxyl groups is 1. The average Bonchev–Trinajstić information content (AvgIpc) is 3.09. The van der Waals surface area contributed by atoms with Crippen LogP contribution in [-0.4, -0.2) is 54.9 Å². The smallest absolute Gasteiger partial charge is 0.255 e. The van der Waals surface area contributed by atoms with Crippen molar-refractivity contribution in [3.63, 3.8) is 0 Å². The van der Waals surface area contributed by atoms with Crippen LogP contribution in [0.4, 0.5) is 0 Å². The molecule has 19 heavy (non-hydrogen) atoms. The van der Waals surface area contributed by atoms with Crippen molar-refractivity contribution in [2.45, 2.75) is 12.5 Å². The fourth-order valence-corrected chi connectivity index (χ4v) is 2.08. The Morgan fingerprint density at radius 1 is 1.42 bits per heavy atom. The third kappa shape index (κ3) is 2.32. The molecule has 7 nitrogen and oxygen atoms in total. The van der Waals surface area contributed by atoms with Crippen LogP contribution in [0.1, 0.15) is 16.8 Å². The van der Waals surface area contributed by atoms with Crippen LogP contribution in [-0.2, 0) is 0 Å². The molecule has 1 saturated heterocycles. The number of carbonyl (C=O) groups is 1. The van der Waals surface area contributed by atoms with Gasteiger partial charge in [-0.25, -0.2) is 14.6 Å². The Morgan fingerprint density at radius 2 is 2.32 bits per heavy atom. The lowest BCUT2D eigenvalue weighted by Gasteiger charge is -2.15. The molecule has 1 aliphatic rings. The van der Waals surface area contributed by atoms with Crippen LogP contribution in [0.3, 0.4) is 0 Å². The van der Waals surface area contributed by atoms with Gasteiger partial charge in [-0.3, -0.25) is 4.79 Å². The molecule has 0 aromatic carbocycles. The van der Waals surface area contributed by atoms with E-state index in [1.807, 2.05) is 0 Å². The Kier molecular flexibility index (Phi) is 2.96. The summed E-state index contributed by atoms with van der Waals surface area (Å²) < 4.78 is 1.52. The maximum Gasteiger partial charge on any atom is 0.255 e. The number of aliphatic hydroxyl groups excluding tert-OH is 1. The van der Waals surface area contributed by atoms with Gasteiger partial charge in [0, 0.05) is 19.3 Å². The minimum absolute atomic E-state index is 0.103. The normalized spacial score (nSPS) is 18.8. The van der Waals surface area contributed by atoms with Crippen molar-refractivity contribution in [3.05, 3.63) is 36.5 Å². The maximum absolute atomic E-state index is 12.1. The van der Waals surface area contributed by atoms with Crippen molar-refractivity contribution in [1.29, 1.82) is 0 Å². The SMILES string of the molecule is O=C(c1ccc(-n2cncn2)nc1)N1CCC(O)C1. The van der Waals surface area contributed by atoms with Crippen molar-refractivity contribution < 1.29 is 9.90 Å². The second-order valence-corrected chi connectivity index (χ2v) is 4.44. The third-order valence-electron chi connectivity index (χ3n) is 3.10. The zero-order valence-corrected chi connectivity index (χ0v) is 10.2. The summed E-state index contributed by atoms with van der Waals surface area (Å²) in [5, 5.41) is 13.4. The number of hydrogen-bond acceptors (Lipinski definition) is 5. The molecule has 1 fully saturated rings. The molecule has 3 rings (SSSR count). The minimum Gasteiger partial charge on any atom is -0.391 e. The highest BCUT2D eigenvalue weighted by Gasteiger charge is 2.25. The second kappa shape index (κ2) is 4.77. The molecule has 3 heterocycles. The van der Waals surface area contributed by atoms with Gasteiger partial charge >= 0.3 is 0 Å². The molecule has 98 valence electrons. The van der Waals surface area contributed by atoms with Crippen LogP contribution < -0.4 is 0 Å². The van der Waals surface area contributed by atoms with E-state index in [0.717, 1.165) is 0 Å². The molecular weight excluding hydrogens is 246 g/mol. The molecule has 1 aliphatic heterocycles. The summed E-state index contributed by atoms with van der Waals surface area (Å²) in [6, 6.07) is 3.42. The van der Waals surface area contributed by atoms with E-state index in [4.69, 9.17) is 0 Å². The highest BCUT2D eigenvalue weighted by molar-refractivity contribution is 5.94. The predicted octanol–water partition coefficient (Wildman–Crippen LogP) is -0.131. The first-order chi connectivity index (χ1) is 9.24. The molecule has 1 amide bonds. The van der Waals surface area contributed by atoms with Gasteiger partial charge in [-0.15, -0.1) is 0 Å².